The lowest BCUT2D eigenvalue weighted by molar-refractivity contribution is -0.151. The van der Waals surface area contributed by atoms with Gasteiger partial charge in [-0.1, -0.05) is 30.4 Å². The Hall–Kier alpha value is -2.93. The van der Waals surface area contributed by atoms with Crippen molar-refractivity contribution in [2.24, 2.45) is 23.7 Å². The lowest BCUT2D eigenvalue weighted by Gasteiger charge is -2.41. The van der Waals surface area contributed by atoms with Crippen molar-refractivity contribution >= 4 is 39.8 Å². The number of benzene rings is 1. The van der Waals surface area contributed by atoms with E-state index in [-0.39, 0.29) is 23.7 Å². The van der Waals surface area contributed by atoms with Crippen molar-refractivity contribution in [3.8, 4) is 0 Å². The smallest absolute Gasteiger partial charge is 0.307 e. The van der Waals surface area contributed by atoms with Crippen LogP contribution in [0.15, 0.2) is 42.5 Å². The van der Waals surface area contributed by atoms with Crippen molar-refractivity contribution in [2.45, 2.75) is 32.1 Å². The van der Waals surface area contributed by atoms with Crippen LogP contribution in [0.2, 0.25) is 0 Å². The Morgan fingerprint density at radius 3 is 2.32 bits per heavy atom. The fraction of sp³-hybridized carbons (Fsp3) is 0.375. The molecule has 0 radical (unpaired) electrons. The predicted molar refractivity (Wildman–Crippen MR) is 119 cm³/mol. The van der Waals surface area contributed by atoms with Crippen LogP contribution in [-0.4, -0.2) is 22.9 Å². The first kappa shape index (κ1) is 20.0. The first-order valence-corrected chi connectivity index (χ1v) is 11.6. The number of hydrogen-bond donors (Lipinski definition) is 3. The van der Waals surface area contributed by atoms with Crippen molar-refractivity contribution in [2.75, 3.05) is 10.6 Å². The summed E-state index contributed by atoms with van der Waals surface area (Å²) in [7, 11) is 0. The number of aryl methyl sites for hydroxylation is 1. The summed E-state index contributed by atoms with van der Waals surface area (Å²) >= 11 is 1.45. The monoisotopic (exact) mass is 436 g/mol. The van der Waals surface area contributed by atoms with Crippen molar-refractivity contribution < 1.29 is 19.5 Å². The lowest BCUT2D eigenvalue weighted by atomic mass is 9.62. The molecular formula is C24H24N2O4S. The Bertz CT molecular complexity index is 1070. The topological polar surface area (TPSA) is 95.5 Å². The molecule has 1 aromatic heterocycles. The highest BCUT2D eigenvalue weighted by Gasteiger charge is 2.48. The predicted octanol–water partition coefficient (Wildman–Crippen LogP) is 4.34. The zero-order valence-electron chi connectivity index (χ0n) is 17.0. The summed E-state index contributed by atoms with van der Waals surface area (Å²) in [5, 5.41) is 16.2. The third-order valence-electron chi connectivity index (χ3n) is 6.75. The number of anilines is 2. The number of carboxylic acids is 1. The zero-order chi connectivity index (χ0) is 21.5. The molecular weight excluding hydrogens is 412 g/mol. The molecule has 2 bridgehead atoms. The number of rotatable bonds is 5. The average molecular weight is 437 g/mol. The Labute approximate surface area is 184 Å². The lowest BCUT2D eigenvalue weighted by Crippen LogP contribution is -2.47. The maximum Gasteiger partial charge on any atom is 0.307 e. The molecule has 4 aliphatic rings. The third kappa shape index (κ3) is 3.57. The maximum absolute atomic E-state index is 13.3. The zero-order valence-corrected chi connectivity index (χ0v) is 17.8. The quantitative estimate of drug-likeness (QED) is 0.608. The molecule has 1 aromatic carbocycles. The van der Waals surface area contributed by atoms with E-state index < -0.39 is 17.8 Å². The number of carbonyl (C=O) groups is 3. The molecule has 160 valence electrons. The van der Waals surface area contributed by atoms with Gasteiger partial charge in [-0.05, 0) is 61.6 Å². The van der Waals surface area contributed by atoms with Crippen molar-refractivity contribution in [3.05, 3.63) is 58.5 Å². The highest BCUT2D eigenvalue weighted by atomic mass is 32.1. The summed E-state index contributed by atoms with van der Waals surface area (Å²) in [5.74, 6) is -2.94. The van der Waals surface area contributed by atoms with Crippen LogP contribution in [0.3, 0.4) is 0 Å². The van der Waals surface area contributed by atoms with Gasteiger partial charge in [-0.15, -0.1) is 11.3 Å². The van der Waals surface area contributed by atoms with Gasteiger partial charge in [0, 0.05) is 10.6 Å². The second-order valence-corrected chi connectivity index (χ2v) is 9.66. The molecule has 6 nitrogen and oxygen atoms in total. The summed E-state index contributed by atoms with van der Waals surface area (Å²) in [6.07, 6.45) is 8.29. The van der Waals surface area contributed by atoms with Crippen LogP contribution in [0.5, 0.6) is 0 Å². The van der Waals surface area contributed by atoms with Crippen LogP contribution in [-0.2, 0) is 22.4 Å². The van der Waals surface area contributed by atoms with Gasteiger partial charge in [0.2, 0.25) is 5.91 Å². The van der Waals surface area contributed by atoms with Gasteiger partial charge in [0.05, 0.1) is 17.4 Å². The Balaban J connectivity index is 1.43. The van der Waals surface area contributed by atoms with Crippen LogP contribution >= 0.6 is 11.3 Å². The summed E-state index contributed by atoms with van der Waals surface area (Å²) in [5.41, 5.74) is 2.23. The second-order valence-electron chi connectivity index (χ2n) is 8.55. The van der Waals surface area contributed by atoms with E-state index in [1.54, 1.807) is 0 Å². The second kappa shape index (κ2) is 7.96. The minimum Gasteiger partial charge on any atom is -0.481 e. The van der Waals surface area contributed by atoms with Crippen LogP contribution < -0.4 is 10.6 Å². The number of nitrogens with one attached hydrogen (secondary N) is 2. The van der Waals surface area contributed by atoms with Crippen LogP contribution in [0.25, 0.3) is 0 Å². The average Bonchev–Trinajstić information content (AvgIpc) is 3.35. The fourth-order valence-corrected chi connectivity index (χ4v) is 6.62. The maximum atomic E-state index is 13.3. The molecule has 0 spiro atoms. The third-order valence-corrected chi connectivity index (χ3v) is 7.96. The molecule has 7 heteroatoms. The van der Waals surface area contributed by atoms with Gasteiger partial charge in [0.15, 0.2) is 0 Å². The molecule has 6 rings (SSSR count). The summed E-state index contributed by atoms with van der Waals surface area (Å²) < 4.78 is 0. The number of thiophene rings is 1. The molecule has 0 aliphatic heterocycles. The molecule has 4 atom stereocenters. The van der Waals surface area contributed by atoms with E-state index in [0.717, 1.165) is 42.5 Å². The molecule has 1 saturated carbocycles. The highest BCUT2D eigenvalue weighted by molar-refractivity contribution is 7.17. The van der Waals surface area contributed by atoms with Gasteiger partial charge in [0.1, 0.15) is 5.00 Å². The van der Waals surface area contributed by atoms with Crippen molar-refractivity contribution in [1.82, 2.24) is 0 Å². The van der Waals surface area contributed by atoms with Gasteiger partial charge in [-0.2, -0.15) is 0 Å². The number of aliphatic carboxylic acids is 1. The van der Waals surface area contributed by atoms with E-state index >= 15 is 0 Å². The first-order valence-electron chi connectivity index (χ1n) is 10.8. The van der Waals surface area contributed by atoms with E-state index in [9.17, 15) is 19.5 Å². The number of allylic oxidation sites excluding steroid dienone is 2. The molecule has 1 heterocycles. The minimum atomic E-state index is -0.921. The molecule has 0 saturated heterocycles. The largest absolute Gasteiger partial charge is 0.481 e. The van der Waals surface area contributed by atoms with E-state index in [2.05, 4.69) is 10.6 Å². The van der Waals surface area contributed by atoms with Gasteiger partial charge < -0.3 is 15.7 Å². The molecule has 3 N–H and O–H groups in total. The van der Waals surface area contributed by atoms with Crippen molar-refractivity contribution in [3.63, 3.8) is 0 Å². The van der Waals surface area contributed by atoms with E-state index in [4.69, 9.17) is 0 Å². The number of amides is 2. The van der Waals surface area contributed by atoms with Gasteiger partial charge in [0.25, 0.3) is 5.91 Å². The molecule has 31 heavy (non-hydrogen) atoms. The number of carbonyl (C=O) groups excluding carboxylic acids is 2. The summed E-state index contributed by atoms with van der Waals surface area (Å²) in [6.45, 7) is 0. The molecule has 0 unspecified atom stereocenters. The number of hydrogen-bond acceptors (Lipinski definition) is 4. The van der Waals surface area contributed by atoms with Crippen LogP contribution in [0.4, 0.5) is 10.7 Å². The first-order chi connectivity index (χ1) is 15.0. The Morgan fingerprint density at radius 2 is 1.65 bits per heavy atom. The standard InChI is InChI=1S/C24H24N2O4S/c27-21(18-13-9-11-14(12-10-13)19(18)24(29)30)26-23-20(16-7-4-8-17(16)31-23)22(28)25-15-5-2-1-3-6-15/h1-3,5-6,9,11,13-14,18-19H,4,7-8,10,12H2,(H,25,28)(H,26,27)(H,29,30)/t13-,14+,18-,19+/m0/s1. The number of fused-ring (bicyclic) bond motifs is 3. The van der Waals surface area contributed by atoms with Gasteiger partial charge in [-0.25, -0.2) is 0 Å². The summed E-state index contributed by atoms with van der Waals surface area (Å²) in [4.78, 5) is 39.5. The fourth-order valence-electron chi connectivity index (χ4n) is 5.33. The van der Waals surface area contributed by atoms with E-state index in [1.807, 2.05) is 42.5 Å². The van der Waals surface area contributed by atoms with Crippen molar-refractivity contribution in [1.29, 1.82) is 0 Å². The number of para-hydroxylation sites is 1. The van der Waals surface area contributed by atoms with Gasteiger partial charge in [-0.3, -0.25) is 14.4 Å². The molecule has 4 aliphatic carbocycles. The van der Waals surface area contributed by atoms with E-state index in [1.165, 1.54) is 11.3 Å². The summed E-state index contributed by atoms with van der Waals surface area (Å²) in [6, 6.07) is 9.24. The van der Waals surface area contributed by atoms with Crippen LogP contribution in [0.1, 0.15) is 40.1 Å². The van der Waals surface area contributed by atoms with Gasteiger partial charge >= 0.3 is 5.97 Å². The Kier molecular flexibility index (Phi) is 5.14. The molecule has 1 fully saturated rings. The number of carboxylic acid groups (broad SMARTS) is 1. The van der Waals surface area contributed by atoms with E-state index in [0.29, 0.717) is 16.3 Å². The Morgan fingerprint density at radius 1 is 0.935 bits per heavy atom. The molecule has 2 aromatic rings. The SMILES string of the molecule is O=C(Nc1ccccc1)c1c(NC(=O)[C@@H]2[C@H](C(=O)O)[C@@H]3C=C[C@H]2CC3)sc2c1CCC2. The van der Waals surface area contributed by atoms with Crippen LogP contribution in [0, 0.1) is 23.7 Å². The molecule has 2 amide bonds. The highest BCUT2D eigenvalue weighted by Crippen LogP contribution is 2.46. The normalized spacial score (nSPS) is 25.8. The minimum absolute atomic E-state index is 0.0699.